The number of pyridine rings is 1. The summed E-state index contributed by atoms with van der Waals surface area (Å²) in [7, 11) is 0. The standard InChI is InChI=1S/C19H27N3O4/c1-2-3-4-5-11-22-14-19(26-18(22)25)8-12-21(13-9-19)17(24)16-15(23)7-6-10-20-16/h6-7,10,23H,2-5,8-9,11-14H2,1H3. The van der Waals surface area contributed by atoms with E-state index in [2.05, 4.69) is 11.9 Å². The van der Waals surface area contributed by atoms with Gasteiger partial charge >= 0.3 is 6.09 Å². The Morgan fingerprint density at radius 2 is 2.08 bits per heavy atom. The van der Waals surface area contributed by atoms with Gasteiger partial charge in [-0.3, -0.25) is 4.79 Å². The van der Waals surface area contributed by atoms with Gasteiger partial charge < -0.3 is 19.6 Å². The van der Waals surface area contributed by atoms with Gasteiger partial charge in [-0.05, 0) is 18.6 Å². The second-order valence-electron chi connectivity index (χ2n) is 7.20. The summed E-state index contributed by atoms with van der Waals surface area (Å²) < 4.78 is 5.70. The van der Waals surface area contributed by atoms with Gasteiger partial charge in [0.1, 0.15) is 11.4 Å². The number of ether oxygens (including phenoxy) is 1. The van der Waals surface area contributed by atoms with Gasteiger partial charge in [0.15, 0.2) is 5.69 Å². The van der Waals surface area contributed by atoms with Crippen LogP contribution in [0.3, 0.4) is 0 Å². The number of aromatic hydroxyl groups is 1. The summed E-state index contributed by atoms with van der Waals surface area (Å²) in [5, 5.41) is 9.82. The number of nitrogens with zero attached hydrogens (tertiary/aromatic N) is 3. The highest BCUT2D eigenvalue weighted by Gasteiger charge is 2.47. The zero-order valence-electron chi connectivity index (χ0n) is 15.3. The molecule has 0 bridgehead atoms. The molecular weight excluding hydrogens is 334 g/mol. The van der Waals surface area contributed by atoms with E-state index in [0.717, 1.165) is 19.4 Å². The molecule has 2 amide bonds. The number of piperidine rings is 1. The van der Waals surface area contributed by atoms with Crippen LogP contribution in [0.2, 0.25) is 0 Å². The molecule has 2 aliphatic heterocycles. The van der Waals surface area contributed by atoms with Gasteiger partial charge in [-0.1, -0.05) is 26.2 Å². The monoisotopic (exact) mass is 361 g/mol. The van der Waals surface area contributed by atoms with E-state index in [1.54, 1.807) is 15.9 Å². The molecule has 26 heavy (non-hydrogen) atoms. The second kappa shape index (κ2) is 7.93. The van der Waals surface area contributed by atoms with Crippen molar-refractivity contribution in [3.8, 4) is 5.75 Å². The number of unbranched alkanes of at least 4 members (excludes halogenated alkanes) is 3. The number of carbonyl (C=O) groups excluding carboxylic acids is 2. The average Bonchev–Trinajstić information content (AvgIpc) is 2.94. The fourth-order valence-electron chi connectivity index (χ4n) is 3.68. The molecule has 3 heterocycles. The molecule has 3 rings (SSSR count). The van der Waals surface area contributed by atoms with Crippen LogP contribution in [0.5, 0.6) is 5.75 Å². The Hall–Kier alpha value is -2.31. The average molecular weight is 361 g/mol. The molecule has 1 N–H and O–H groups in total. The number of hydrogen-bond acceptors (Lipinski definition) is 5. The van der Waals surface area contributed by atoms with Crippen molar-refractivity contribution in [1.82, 2.24) is 14.8 Å². The van der Waals surface area contributed by atoms with Gasteiger partial charge in [0.25, 0.3) is 5.91 Å². The van der Waals surface area contributed by atoms with E-state index in [1.807, 2.05) is 0 Å². The molecule has 0 aliphatic carbocycles. The van der Waals surface area contributed by atoms with Gasteiger partial charge in [0.05, 0.1) is 6.54 Å². The summed E-state index contributed by atoms with van der Waals surface area (Å²) in [5.74, 6) is -0.387. The fourth-order valence-corrected chi connectivity index (χ4v) is 3.68. The third-order valence-electron chi connectivity index (χ3n) is 5.27. The van der Waals surface area contributed by atoms with Crippen molar-refractivity contribution in [2.45, 2.75) is 51.0 Å². The van der Waals surface area contributed by atoms with E-state index in [0.29, 0.717) is 32.5 Å². The Labute approximate surface area is 153 Å². The summed E-state index contributed by atoms with van der Waals surface area (Å²) in [6, 6.07) is 3.05. The Morgan fingerprint density at radius 1 is 1.31 bits per heavy atom. The molecule has 1 aromatic heterocycles. The highest BCUT2D eigenvalue weighted by atomic mass is 16.6. The van der Waals surface area contributed by atoms with Crippen LogP contribution in [0.1, 0.15) is 55.9 Å². The van der Waals surface area contributed by atoms with Crippen LogP contribution in [0.25, 0.3) is 0 Å². The minimum absolute atomic E-state index is 0.0735. The first-order chi connectivity index (χ1) is 12.5. The van der Waals surface area contributed by atoms with Crippen LogP contribution in [-0.4, -0.2) is 63.7 Å². The SMILES string of the molecule is CCCCCCN1CC2(CCN(C(=O)c3ncccc3O)CC2)OC1=O. The maximum Gasteiger partial charge on any atom is 0.410 e. The van der Waals surface area contributed by atoms with Crippen LogP contribution in [0.15, 0.2) is 18.3 Å². The van der Waals surface area contributed by atoms with Crippen molar-refractivity contribution in [3.63, 3.8) is 0 Å². The van der Waals surface area contributed by atoms with Crippen molar-refractivity contribution in [3.05, 3.63) is 24.0 Å². The lowest BCUT2D eigenvalue weighted by Gasteiger charge is -2.37. The van der Waals surface area contributed by atoms with Gasteiger partial charge in [0, 0.05) is 38.7 Å². The third kappa shape index (κ3) is 3.92. The predicted molar refractivity (Wildman–Crippen MR) is 96.0 cm³/mol. The molecule has 7 heteroatoms. The van der Waals surface area contributed by atoms with Gasteiger partial charge in [0.2, 0.25) is 0 Å². The number of aromatic nitrogens is 1. The summed E-state index contributed by atoms with van der Waals surface area (Å²) in [6.07, 6.45) is 6.98. The molecule has 1 aromatic rings. The number of rotatable bonds is 6. The molecule has 0 radical (unpaired) electrons. The first-order valence-corrected chi connectivity index (χ1v) is 9.46. The maximum atomic E-state index is 12.5. The number of hydrogen-bond donors (Lipinski definition) is 1. The molecule has 0 unspecified atom stereocenters. The number of amides is 2. The Bertz CT molecular complexity index is 656. The lowest BCUT2D eigenvalue weighted by Crippen LogP contribution is -2.48. The lowest BCUT2D eigenvalue weighted by molar-refractivity contribution is 0.00290. The van der Waals surface area contributed by atoms with Crippen LogP contribution in [0.4, 0.5) is 4.79 Å². The van der Waals surface area contributed by atoms with E-state index in [4.69, 9.17) is 4.74 Å². The van der Waals surface area contributed by atoms with E-state index in [-0.39, 0.29) is 23.4 Å². The summed E-state index contributed by atoms with van der Waals surface area (Å²) in [6.45, 7) is 4.50. The Balaban J connectivity index is 1.54. The first kappa shape index (κ1) is 18.5. The highest BCUT2D eigenvalue weighted by molar-refractivity contribution is 5.94. The van der Waals surface area contributed by atoms with Gasteiger partial charge in [-0.25, -0.2) is 9.78 Å². The predicted octanol–water partition coefficient (Wildman–Crippen LogP) is 2.79. The first-order valence-electron chi connectivity index (χ1n) is 9.46. The van der Waals surface area contributed by atoms with E-state index < -0.39 is 5.60 Å². The molecule has 0 atom stereocenters. The van der Waals surface area contributed by atoms with Crippen LogP contribution in [-0.2, 0) is 4.74 Å². The van der Waals surface area contributed by atoms with Crippen molar-refractivity contribution < 1.29 is 19.4 Å². The minimum atomic E-state index is -0.481. The fraction of sp³-hybridized carbons (Fsp3) is 0.632. The van der Waals surface area contributed by atoms with Gasteiger partial charge in [-0.2, -0.15) is 0 Å². The highest BCUT2D eigenvalue weighted by Crippen LogP contribution is 2.34. The van der Waals surface area contributed by atoms with E-state index >= 15 is 0 Å². The lowest BCUT2D eigenvalue weighted by atomic mass is 9.91. The van der Waals surface area contributed by atoms with Crippen LogP contribution < -0.4 is 0 Å². The van der Waals surface area contributed by atoms with Crippen molar-refractivity contribution >= 4 is 12.0 Å². The summed E-state index contributed by atoms with van der Waals surface area (Å²) >= 11 is 0. The minimum Gasteiger partial charge on any atom is -0.505 e. The van der Waals surface area contributed by atoms with E-state index in [1.165, 1.54) is 25.1 Å². The molecule has 0 saturated carbocycles. The Morgan fingerprint density at radius 3 is 2.77 bits per heavy atom. The quantitative estimate of drug-likeness (QED) is 0.788. The molecule has 2 fully saturated rings. The van der Waals surface area contributed by atoms with Crippen LogP contribution in [0, 0.1) is 0 Å². The molecule has 2 saturated heterocycles. The van der Waals surface area contributed by atoms with Crippen LogP contribution >= 0.6 is 0 Å². The van der Waals surface area contributed by atoms with Crippen molar-refractivity contribution in [2.24, 2.45) is 0 Å². The zero-order chi connectivity index (χ0) is 18.6. The Kier molecular flexibility index (Phi) is 5.64. The molecule has 7 nitrogen and oxygen atoms in total. The van der Waals surface area contributed by atoms with Gasteiger partial charge in [-0.15, -0.1) is 0 Å². The zero-order valence-corrected chi connectivity index (χ0v) is 15.3. The topological polar surface area (TPSA) is 83.0 Å². The summed E-state index contributed by atoms with van der Waals surface area (Å²) in [5.41, 5.74) is -0.408. The number of carbonyl (C=O) groups is 2. The van der Waals surface area contributed by atoms with E-state index in [9.17, 15) is 14.7 Å². The normalized spacial score (nSPS) is 19.0. The smallest absolute Gasteiger partial charge is 0.410 e. The third-order valence-corrected chi connectivity index (χ3v) is 5.27. The largest absolute Gasteiger partial charge is 0.505 e. The molecule has 0 aromatic carbocycles. The maximum absolute atomic E-state index is 12.5. The molecule has 2 aliphatic rings. The molecule has 142 valence electrons. The molecular formula is C19H27N3O4. The van der Waals surface area contributed by atoms with Crippen molar-refractivity contribution in [2.75, 3.05) is 26.2 Å². The molecule has 1 spiro atoms. The van der Waals surface area contributed by atoms with Crippen molar-refractivity contribution in [1.29, 1.82) is 0 Å². The summed E-state index contributed by atoms with van der Waals surface area (Å²) in [4.78, 5) is 32.2. The number of likely N-dealkylation sites (tertiary alicyclic amines) is 1. The second-order valence-corrected chi connectivity index (χ2v) is 7.20.